The maximum absolute atomic E-state index is 12.4. The molecule has 0 radical (unpaired) electrons. The lowest BCUT2D eigenvalue weighted by Crippen LogP contribution is -2.15. The topological polar surface area (TPSA) is 47.6 Å². The Kier molecular flexibility index (Phi) is 4.74. The van der Waals surface area contributed by atoms with E-state index >= 15 is 0 Å². The first kappa shape index (κ1) is 16.4. The van der Waals surface area contributed by atoms with Crippen molar-refractivity contribution >= 4 is 11.6 Å². The van der Waals surface area contributed by atoms with Gasteiger partial charge in [-0.1, -0.05) is 38.1 Å². The van der Waals surface area contributed by atoms with Gasteiger partial charge < -0.3 is 14.8 Å². The van der Waals surface area contributed by atoms with Gasteiger partial charge in [-0.3, -0.25) is 4.79 Å². The highest BCUT2D eigenvalue weighted by Gasteiger charge is 2.15. The zero-order valence-corrected chi connectivity index (χ0v) is 14.4. The number of hydrogen-bond acceptors (Lipinski definition) is 3. The molecule has 126 valence electrons. The van der Waals surface area contributed by atoms with Gasteiger partial charge in [-0.15, -0.1) is 0 Å². The summed E-state index contributed by atoms with van der Waals surface area (Å²) in [5, 5.41) is 3.09. The van der Waals surface area contributed by atoms with Gasteiger partial charge in [0.25, 0.3) is 0 Å². The van der Waals surface area contributed by atoms with E-state index in [0.717, 1.165) is 28.3 Å². The summed E-state index contributed by atoms with van der Waals surface area (Å²) in [5.41, 5.74) is 4.29. The van der Waals surface area contributed by atoms with Crippen molar-refractivity contribution in [2.45, 2.75) is 39.5 Å². The van der Waals surface area contributed by atoms with Gasteiger partial charge in [0, 0.05) is 12.1 Å². The molecule has 2 aromatic rings. The van der Waals surface area contributed by atoms with E-state index < -0.39 is 0 Å². The number of para-hydroxylation sites is 1. The van der Waals surface area contributed by atoms with Gasteiger partial charge in [0.15, 0.2) is 11.5 Å². The number of nitrogens with one attached hydrogen (secondary N) is 1. The Morgan fingerprint density at radius 1 is 1.17 bits per heavy atom. The van der Waals surface area contributed by atoms with Crippen LogP contribution in [0.3, 0.4) is 0 Å². The van der Waals surface area contributed by atoms with Gasteiger partial charge in [-0.25, -0.2) is 0 Å². The molecule has 3 rings (SSSR count). The molecule has 0 saturated heterocycles. The minimum atomic E-state index is 0.0314. The number of rotatable bonds is 5. The highest BCUT2D eigenvalue weighted by atomic mass is 16.7. The summed E-state index contributed by atoms with van der Waals surface area (Å²) in [7, 11) is 0. The molecule has 1 heterocycles. The Bertz CT molecular complexity index is 753. The van der Waals surface area contributed by atoms with Gasteiger partial charge in [0.2, 0.25) is 12.7 Å². The van der Waals surface area contributed by atoms with Crippen LogP contribution in [0.15, 0.2) is 36.4 Å². The largest absolute Gasteiger partial charge is 0.454 e. The lowest BCUT2D eigenvalue weighted by Gasteiger charge is -2.16. The number of amides is 1. The molecule has 0 unspecified atom stereocenters. The monoisotopic (exact) mass is 325 g/mol. The van der Waals surface area contributed by atoms with Crippen LogP contribution in [0.4, 0.5) is 5.69 Å². The smallest absolute Gasteiger partial charge is 0.231 e. The van der Waals surface area contributed by atoms with Gasteiger partial charge >= 0.3 is 0 Å². The van der Waals surface area contributed by atoms with E-state index in [1.54, 1.807) is 0 Å². The van der Waals surface area contributed by atoms with Crippen LogP contribution in [0.5, 0.6) is 11.5 Å². The molecule has 4 nitrogen and oxygen atoms in total. The fourth-order valence-electron chi connectivity index (χ4n) is 2.90. The van der Waals surface area contributed by atoms with Crippen molar-refractivity contribution in [3.8, 4) is 11.5 Å². The number of hydrogen-bond donors (Lipinski definition) is 1. The minimum absolute atomic E-state index is 0.0314. The standard InChI is InChI=1S/C20H23NO3/c1-13(2)16-6-4-5-14(3)20(16)21-19(22)10-8-15-7-9-17-18(11-15)24-12-23-17/h4-7,9,11,13H,8,10,12H2,1-3H3,(H,21,22). The van der Waals surface area contributed by atoms with Crippen molar-refractivity contribution in [2.24, 2.45) is 0 Å². The number of anilines is 1. The Morgan fingerprint density at radius 2 is 1.96 bits per heavy atom. The summed E-state index contributed by atoms with van der Waals surface area (Å²) >= 11 is 0. The molecule has 1 aliphatic rings. The maximum atomic E-state index is 12.4. The molecule has 0 saturated carbocycles. The average molecular weight is 325 g/mol. The summed E-state index contributed by atoms with van der Waals surface area (Å²) in [4.78, 5) is 12.4. The molecule has 0 fully saturated rings. The predicted molar refractivity (Wildman–Crippen MR) is 94.8 cm³/mol. The summed E-state index contributed by atoms with van der Waals surface area (Å²) in [6, 6.07) is 12.0. The van der Waals surface area contributed by atoms with Gasteiger partial charge in [0.05, 0.1) is 0 Å². The molecule has 24 heavy (non-hydrogen) atoms. The lowest BCUT2D eigenvalue weighted by atomic mass is 9.98. The summed E-state index contributed by atoms with van der Waals surface area (Å²) < 4.78 is 10.7. The van der Waals surface area contributed by atoms with Crippen LogP contribution in [0, 0.1) is 6.92 Å². The van der Waals surface area contributed by atoms with Crippen LogP contribution in [0.25, 0.3) is 0 Å². The third kappa shape index (κ3) is 3.53. The molecule has 1 aliphatic heterocycles. The van der Waals surface area contributed by atoms with E-state index in [9.17, 15) is 4.79 Å². The third-order valence-corrected chi connectivity index (χ3v) is 4.27. The number of aryl methyl sites for hydroxylation is 2. The third-order valence-electron chi connectivity index (χ3n) is 4.27. The molecule has 2 aromatic carbocycles. The van der Waals surface area contributed by atoms with Crippen molar-refractivity contribution in [1.82, 2.24) is 0 Å². The quantitative estimate of drug-likeness (QED) is 0.885. The molecule has 4 heteroatoms. The number of carbonyl (C=O) groups is 1. The van der Waals surface area contributed by atoms with Crippen molar-refractivity contribution < 1.29 is 14.3 Å². The van der Waals surface area contributed by atoms with Crippen molar-refractivity contribution in [2.75, 3.05) is 12.1 Å². The Balaban J connectivity index is 1.64. The number of fused-ring (bicyclic) bond motifs is 1. The zero-order chi connectivity index (χ0) is 17.1. The molecule has 0 spiro atoms. The zero-order valence-electron chi connectivity index (χ0n) is 14.4. The summed E-state index contributed by atoms with van der Waals surface area (Å²) in [6.07, 6.45) is 1.11. The molecule has 1 N–H and O–H groups in total. The second-order valence-electron chi connectivity index (χ2n) is 6.43. The Labute approximate surface area is 142 Å². The first-order valence-corrected chi connectivity index (χ1v) is 8.32. The second-order valence-corrected chi connectivity index (χ2v) is 6.43. The molecule has 1 amide bonds. The highest BCUT2D eigenvalue weighted by Crippen LogP contribution is 2.33. The fraction of sp³-hybridized carbons (Fsp3) is 0.350. The lowest BCUT2D eigenvalue weighted by molar-refractivity contribution is -0.116. The molecular formula is C20H23NO3. The van der Waals surface area contributed by atoms with Crippen LogP contribution < -0.4 is 14.8 Å². The first-order valence-electron chi connectivity index (χ1n) is 8.32. The van der Waals surface area contributed by atoms with Crippen molar-refractivity contribution in [1.29, 1.82) is 0 Å². The van der Waals surface area contributed by atoms with Crippen LogP contribution in [-0.2, 0) is 11.2 Å². The van der Waals surface area contributed by atoms with Crippen LogP contribution in [0.2, 0.25) is 0 Å². The first-order chi connectivity index (χ1) is 11.5. The fourth-order valence-corrected chi connectivity index (χ4v) is 2.90. The van der Waals surface area contributed by atoms with E-state index in [-0.39, 0.29) is 12.7 Å². The second kappa shape index (κ2) is 6.95. The van der Waals surface area contributed by atoms with Crippen LogP contribution >= 0.6 is 0 Å². The SMILES string of the molecule is Cc1cccc(C(C)C)c1NC(=O)CCc1ccc2c(c1)OCO2. The van der Waals surface area contributed by atoms with E-state index in [1.807, 2.05) is 37.3 Å². The number of ether oxygens (including phenoxy) is 2. The molecule has 0 atom stereocenters. The summed E-state index contributed by atoms with van der Waals surface area (Å²) in [6.45, 7) is 6.57. The molecular weight excluding hydrogens is 302 g/mol. The highest BCUT2D eigenvalue weighted by molar-refractivity contribution is 5.92. The number of benzene rings is 2. The van der Waals surface area contributed by atoms with E-state index in [2.05, 4.69) is 25.2 Å². The molecule has 0 aliphatic carbocycles. The van der Waals surface area contributed by atoms with Crippen LogP contribution in [0.1, 0.15) is 42.9 Å². The Morgan fingerprint density at radius 3 is 2.75 bits per heavy atom. The van der Waals surface area contributed by atoms with Gasteiger partial charge in [0.1, 0.15) is 0 Å². The van der Waals surface area contributed by atoms with E-state index in [1.165, 1.54) is 5.56 Å². The number of carbonyl (C=O) groups excluding carboxylic acids is 1. The molecule has 0 bridgehead atoms. The van der Waals surface area contributed by atoms with Crippen LogP contribution in [-0.4, -0.2) is 12.7 Å². The normalized spacial score (nSPS) is 12.5. The van der Waals surface area contributed by atoms with Gasteiger partial charge in [-0.05, 0) is 48.1 Å². The minimum Gasteiger partial charge on any atom is -0.454 e. The average Bonchev–Trinajstić information content (AvgIpc) is 3.02. The maximum Gasteiger partial charge on any atom is 0.231 e. The van der Waals surface area contributed by atoms with E-state index in [4.69, 9.17) is 9.47 Å². The summed E-state index contributed by atoms with van der Waals surface area (Å²) in [5.74, 6) is 1.93. The van der Waals surface area contributed by atoms with Gasteiger partial charge in [-0.2, -0.15) is 0 Å². The van der Waals surface area contributed by atoms with E-state index in [0.29, 0.717) is 18.8 Å². The van der Waals surface area contributed by atoms with Crippen molar-refractivity contribution in [3.63, 3.8) is 0 Å². The molecule has 0 aromatic heterocycles. The predicted octanol–water partition coefficient (Wildman–Crippen LogP) is 4.42. The van der Waals surface area contributed by atoms with Crippen molar-refractivity contribution in [3.05, 3.63) is 53.1 Å². The Hall–Kier alpha value is -2.49.